The third-order valence-electron chi connectivity index (χ3n) is 2.96. The van der Waals surface area contributed by atoms with Gasteiger partial charge < -0.3 is 5.11 Å². The fourth-order valence-electron chi connectivity index (χ4n) is 2.07. The van der Waals surface area contributed by atoms with E-state index in [4.69, 9.17) is 5.11 Å². The summed E-state index contributed by atoms with van der Waals surface area (Å²) in [7, 11) is 0. The Kier molecular flexibility index (Phi) is 3.62. The molecule has 0 bridgehead atoms. The van der Waals surface area contributed by atoms with E-state index >= 15 is 0 Å². The third kappa shape index (κ3) is 2.35. The molecule has 2 aliphatic heterocycles. The number of carboxylic acids is 1. The van der Waals surface area contributed by atoms with E-state index in [-0.39, 0.29) is 12.4 Å². The molecule has 19 heavy (non-hydrogen) atoms. The van der Waals surface area contributed by atoms with E-state index in [0.717, 1.165) is 22.5 Å². The molecule has 3 rings (SSSR count). The van der Waals surface area contributed by atoms with Crippen LogP contribution in [0.3, 0.4) is 0 Å². The highest BCUT2D eigenvalue weighted by atomic mass is 35.5. The molecule has 0 amide bonds. The number of rotatable bonds is 1. The number of halogens is 1. The number of nitrogens with zero attached hydrogens (tertiary/aromatic N) is 2. The van der Waals surface area contributed by atoms with Gasteiger partial charge in [-0.3, -0.25) is 9.98 Å². The van der Waals surface area contributed by atoms with E-state index in [1.54, 1.807) is 6.21 Å². The van der Waals surface area contributed by atoms with E-state index in [0.29, 0.717) is 12.0 Å². The van der Waals surface area contributed by atoms with Gasteiger partial charge in [0.15, 0.2) is 0 Å². The van der Waals surface area contributed by atoms with E-state index in [2.05, 4.69) is 9.98 Å². The number of carbonyl (C=O) groups is 1. The first-order valence-corrected chi connectivity index (χ1v) is 5.59. The Morgan fingerprint density at radius 1 is 1.26 bits per heavy atom. The summed E-state index contributed by atoms with van der Waals surface area (Å²) >= 11 is 0. The molecular weight excluding hydrogens is 264 g/mol. The van der Waals surface area contributed by atoms with Gasteiger partial charge in [0.2, 0.25) is 0 Å². The molecule has 0 fully saturated rings. The number of aliphatic imine (C=N–C) groups is 2. The summed E-state index contributed by atoms with van der Waals surface area (Å²) in [4.78, 5) is 19.6. The van der Waals surface area contributed by atoms with Crippen LogP contribution in [-0.4, -0.2) is 23.0 Å². The van der Waals surface area contributed by atoms with Gasteiger partial charge in [-0.05, 0) is 17.7 Å². The second-order valence-electron chi connectivity index (χ2n) is 4.10. The average Bonchev–Trinajstić information content (AvgIpc) is 2.57. The number of hydrogen-bond donors (Lipinski definition) is 1. The highest BCUT2D eigenvalue weighted by molar-refractivity contribution is 6.19. The number of carboxylic acid groups (broad SMARTS) is 1. The third-order valence-corrected chi connectivity index (χ3v) is 2.96. The summed E-state index contributed by atoms with van der Waals surface area (Å²) in [6.07, 6.45) is 5.34. The van der Waals surface area contributed by atoms with Crippen LogP contribution < -0.4 is 0 Å². The van der Waals surface area contributed by atoms with Gasteiger partial charge in [-0.1, -0.05) is 18.2 Å². The molecule has 0 saturated heterocycles. The molecule has 0 atom stereocenters. The Labute approximate surface area is 116 Å². The smallest absolute Gasteiger partial charge is 0.333 e. The first-order valence-electron chi connectivity index (χ1n) is 5.59. The number of benzene rings is 1. The lowest BCUT2D eigenvalue weighted by Crippen LogP contribution is -2.13. The number of aliphatic carboxylic acids is 1. The molecule has 0 spiro atoms. The Hall–Kier alpha value is -2.20. The van der Waals surface area contributed by atoms with Gasteiger partial charge in [-0.15, -0.1) is 12.4 Å². The molecule has 0 saturated carbocycles. The van der Waals surface area contributed by atoms with Gasteiger partial charge in [-0.25, -0.2) is 4.79 Å². The molecule has 96 valence electrons. The lowest BCUT2D eigenvalue weighted by molar-refractivity contribution is -0.132. The van der Waals surface area contributed by atoms with Crippen molar-refractivity contribution in [1.29, 1.82) is 0 Å². The molecule has 4 nitrogen and oxygen atoms in total. The molecule has 0 unspecified atom stereocenters. The zero-order chi connectivity index (χ0) is 12.5. The lowest BCUT2D eigenvalue weighted by atomic mass is 9.94. The van der Waals surface area contributed by atoms with Crippen LogP contribution >= 0.6 is 12.4 Å². The molecule has 1 N–H and O–H groups in total. The monoisotopic (exact) mass is 274 g/mol. The minimum Gasteiger partial charge on any atom is -0.478 e. The normalized spacial score (nSPS) is 15.9. The zero-order valence-corrected chi connectivity index (χ0v) is 10.7. The number of para-hydroxylation sites is 1. The van der Waals surface area contributed by atoms with Gasteiger partial charge in [0.25, 0.3) is 0 Å². The number of hydrogen-bond acceptors (Lipinski definition) is 3. The number of allylic oxidation sites excluding steroid dienone is 2. The topological polar surface area (TPSA) is 62.0 Å². The maximum atomic E-state index is 11.0. The molecule has 1 aromatic rings. The van der Waals surface area contributed by atoms with Crippen molar-refractivity contribution in [2.75, 3.05) is 0 Å². The van der Waals surface area contributed by atoms with Crippen molar-refractivity contribution in [2.45, 2.75) is 6.42 Å². The average molecular weight is 275 g/mol. The zero-order valence-electron chi connectivity index (χ0n) is 9.91. The van der Waals surface area contributed by atoms with Crippen molar-refractivity contribution in [3.63, 3.8) is 0 Å². The minimum absolute atomic E-state index is 0. The van der Waals surface area contributed by atoms with Gasteiger partial charge >= 0.3 is 5.97 Å². The van der Waals surface area contributed by atoms with Crippen molar-refractivity contribution in [3.05, 3.63) is 53.3 Å². The summed E-state index contributed by atoms with van der Waals surface area (Å²) in [6, 6.07) is 7.71. The summed E-state index contributed by atoms with van der Waals surface area (Å²) < 4.78 is 0. The highest BCUT2D eigenvalue weighted by Crippen LogP contribution is 2.29. The first-order chi connectivity index (χ1) is 8.75. The van der Waals surface area contributed by atoms with Crippen LogP contribution in [0.25, 0.3) is 0 Å². The molecular formula is C14H11ClN2O2. The fourth-order valence-corrected chi connectivity index (χ4v) is 2.07. The van der Waals surface area contributed by atoms with Crippen LogP contribution in [0.1, 0.15) is 12.0 Å². The van der Waals surface area contributed by atoms with Crippen molar-refractivity contribution in [2.24, 2.45) is 9.98 Å². The predicted molar refractivity (Wildman–Crippen MR) is 76.8 cm³/mol. The van der Waals surface area contributed by atoms with Crippen molar-refractivity contribution < 1.29 is 9.90 Å². The van der Waals surface area contributed by atoms with E-state index < -0.39 is 5.97 Å². The minimum atomic E-state index is -0.923. The van der Waals surface area contributed by atoms with E-state index in [9.17, 15) is 4.79 Å². The van der Waals surface area contributed by atoms with Crippen molar-refractivity contribution in [1.82, 2.24) is 0 Å². The number of fused-ring (bicyclic) bond motifs is 3. The maximum Gasteiger partial charge on any atom is 0.333 e. The molecule has 0 aromatic heterocycles. The summed E-state index contributed by atoms with van der Waals surface area (Å²) in [5, 5.41) is 9.00. The van der Waals surface area contributed by atoms with Gasteiger partial charge in [0.1, 0.15) is 0 Å². The largest absolute Gasteiger partial charge is 0.478 e. The van der Waals surface area contributed by atoms with Gasteiger partial charge in [0, 0.05) is 24.4 Å². The molecule has 2 heterocycles. The highest BCUT2D eigenvalue weighted by Gasteiger charge is 2.21. The SMILES string of the molecule is Cl.O=C(O)C1=CN=C2C(=CC=Nc3ccccc32)C1. The summed E-state index contributed by atoms with van der Waals surface area (Å²) in [5.41, 5.74) is 3.81. The van der Waals surface area contributed by atoms with Crippen LogP contribution in [0, 0.1) is 0 Å². The second kappa shape index (κ2) is 5.20. The molecule has 1 aromatic carbocycles. The van der Waals surface area contributed by atoms with Crippen LogP contribution in [-0.2, 0) is 4.79 Å². The van der Waals surface area contributed by atoms with Crippen LogP contribution in [0.15, 0.2) is 57.7 Å². The van der Waals surface area contributed by atoms with Gasteiger partial charge in [-0.2, -0.15) is 0 Å². The summed E-state index contributed by atoms with van der Waals surface area (Å²) in [5.74, 6) is -0.923. The standard InChI is InChI=1S/C14H10N2O2.ClH/c17-14(18)10-7-9-5-6-15-12-4-2-1-3-11(12)13(9)16-8-10;/h1-6,8H,7H2,(H,17,18);1H. The summed E-state index contributed by atoms with van der Waals surface area (Å²) in [6.45, 7) is 0. The fraction of sp³-hybridized carbons (Fsp3) is 0.0714. The second-order valence-corrected chi connectivity index (χ2v) is 4.10. The van der Waals surface area contributed by atoms with Crippen LogP contribution in [0.2, 0.25) is 0 Å². The molecule has 5 heteroatoms. The Balaban J connectivity index is 0.00000133. The van der Waals surface area contributed by atoms with Crippen LogP contribution in [0.5, 0.6) is 0 Å². The quantitative estimate of drug-likeness (QED) is 0.856. The molecule has 0 aliphatic carbocycles. The van der Waals surface area contributed by atoms with Crippen LogP contribution in [0.4, 0.5) is 5.69 Å². The predicted octanol–water partition coefficient (Wildman–Crippen LogP) is 2.91. The van der Waals surface area contributed by atoms with Gasteiger partial charge in [0.05, 0.1) is 17.0 Å². The molecule has 0 radical (unpaired) electrons. The molecule has 2 aliphatic rings. The van der Waals surface area contributed by atoms with Crippen molar-refractivity contribution in [3.8, 4) is 0 Å². The lowest BCUT2D eigenvalue weighted by Gasteiger charge is -2.15. The maximum absolute atomic E-state index is 11.0. The Morgan fingerprint density at radius 2 is 2.05 bits per heavy atom. The first kappa shape index (κ1) is 13.2. The van der Waals surface area contributed by atoms with E-state index in [1.165, 1.54) is 6.20 Å². The Bertz CT molecular complexity index is 657. The van der Waals surface area contributed by atoms with E-state index in [1.807, 2.05) is 30.3 Å². The van der Waals surface area contributed by atoms with Crippen molar-refractivity contribution >= 4 is 36.0 Å². The Morgan fingerprint density at radius 3 is 2.84 bits per heavy atom.